The number of amides is 1. The number of rotatable bonds is 5. The van der Waals surface area contributed by atoms with Crippen LogP contribution in [0.25, 0.3) is 5.69 Å². The van der Waals surface area contributed by atoms with E-state index in [2.05, 4.69) is 22.3 Å². The second-order valence-electron chi connectivity index (χ2n) is 5.88. The second-order valence-corrected chi connectivity index (χ2v) is 5.88. The van der Waals surface area contributed by atoms with Gasteiger partial charge in [0.1, 0.15) is 5.75 Å². The number of hydrogen-bond acceptors (Lipinski definition) is 5. The van der Waals surface area contributed by atoms with Crippen molar-refractivity contribution in [3.8, 4) is 11.4 Å². The number of nitrogens with one attached hydrogen (secondary N) is 1. The molecule has 0 fully saturated rings. The monoisotopic (exact) mass is 329 g/mol. The molecule has 2 aromatic rings. The molecular weight excluding hydrogens is 306 g/mol. The number of hydrazine groups is 1. The Labute approximate surface area is 141 Å². The van der Waals surface area contributed by atoms with Crippen molar-refractivity contribution in [2.75, 3.05) is 20.2 Å². The second kappa shape index (κ2) is 7.02. The maximum absolute atomic E-state index is 12.1. The summed E-state index contributed by atoms with van der Waals surface area (Å²) in [6, 6.07) is 7.65. The maximum atomic E-state index is 12.1. The van der Waals surface area contributed by atoms with Crippen LogP contribution in [0.4, 0.5) is 0 Å². The van der Waals surface area contributed by atoms with E-state index in [9.17, 15) is 4.79 Å². The lowest BCUT2D eigenvalue weighted by atomic mass is 10.0. The summed E-state index contributed by atoms with van der Waals surface area (Å²) in [6.07, 6.45) is 1.94. The lowest BCUT2D eigenvalue weighted by Gasteiger charge is -2.27. The molecule has 3 rings (SSSR count). The highest BCUT2D eigenvalue weighted by atomic mass is 16.5. The molecule has 0 radical (unpaired) electrons. The first-order chi connectivity index (χ1) is 11.7. The van der Waals surface area contributed by atoms with Gasteiger partial charge in [-0.1, -0.05) is 6.92 Å². The number of ether oxygens (including phenoxy) is 1. The molecule has 0 saturated heterocycles. The van der Waals surface area contributed by atoms with E-state index in [-0.39, 0.29) is 5.91 Å². The molecule has 1 aromatic carbocycles. The number of hydrogen-bond donors (Lipinski definition) is 2. The van der Waals surface area contributed by atoms with Gasteiger partial charge in [-0.15, -0.1) is 0 Å². The lowest BCUT2D eigenvalue weighted by Crippen LogP contribution is -2.34. The van der Waals surface area contributed by atoms with Crippen molar-refractivity contribution in [3.05, 3.63) is 41.2 Å². The lowest BCUT2D eigenvalue weighted by molar-refractivity contribution is 0.0946. The van der Waals surface area contributed by atoms with Crippen LogP contribution in [0.5, 0.6) is 5.75 Å². The van der Waals surface area contributed by atoms with Gasteiger partial charge in [0.25, 0.3) is 5.91 Å². The van der Waals surface area contributed by atoms with Gasteiger partial charge in [0, 0.05) is 25.1 Å². The van der Waals surface area contributed by atoms with Gasteiger partial charge < -0.3 is 4.74 Å². The topological polar surface area (TPSA) is 85.4 Å². The number of carbonyl (C=O) groups excluding carboxylic acids is 1. The third-order valence-electron chi connectivity index (χ3n) is 4.34. The number of carbonyl (C=O) groups is 1. The first-order valence-corrected chi connectivity index (χ1v) is 8.16. The summed E-state index contributed by atoms with van der Waals surface area (Å²) in [7, 11) is 1.64. The van der Waals surface area contributed by atoms with Gasteiger partial charge >= 0.3 is 0 Å². The summed E-state index contributed by atoms with van der Waals surface area (Å²) in [4.78, 5) is 14.5. The number of nitrogen functional groups attached to an aromatic ring is 1. The van der Waals surface area contributed by atoms with Gasteiger partial charge in [0.05, 0.1) is 18.5 Å². The fourth-order valence-electron chi connectivity index (χ4n) is 3.17. The Morgan fingerprint density at radius 1 is 1.38 bits per heavy atom. The van der Waals surface area contributed by atoms with E-state index in [0.717, 1.165) is 55.2 Å². The van der Waals surface area contributed by atoms with E-state index in [0.29, 0.717) is 5.69 Å². The van der Waals surface area contributed by atoms with Crippen LogP contribution < -0.4 is 16.0 Å². The minimum atomic E-state index is -0.350. The number of benzene rings is 1. The van der Waals surface area contributed by atoms with E-state index in [1.54, 1.807) is 7.11 Å². The molecule has 7 nitrogen and oxygen atoms in total. The van der Waals surface area contributed by atoms with Gasteiger partial charge in [-0.2, -0.15) is 5.10 Å². The van der Waals surface area contributed by atoms with Crippen molar-refractivity contribution >= 4 is 5.91 Å². The van der Waals surface area contributed by atoms with Gasteiger partial charge in [0.15, 0.2) is 5.69 Å². The van der Waals surface area contributed by atoms with Gasteiger partial charge in [0.2, 0.25) is 0 Å². The minimum Gasteiger partial charge on any atom is -0.497 e. The molecule has 3 N–H and O–H groups in total. The number of nitrogens with two attached hydrogens (primary N) is 1. The van der Waals surface area contributed by atoms with E-state index < -0.39 is 0 Å². The maximum Gasteiger partial charge on any atom is 0.286 e. The fourth-order valence-corrected chi connectivity index (χ4v) is 3.17. The minimum absolute atomic E-state index is 0.350. The predicted octanol–water partition coefficient (Wildman–Crippen LogP) is 1.25. The average Bonchev–Trinajstić information content (AvgIpc) is 3.00. The molecule has 24 heavy (non-hydrogen) atoms. The Balaban J connectivity index is 2.03. The van der Waals surface area contributed by atoms with Crippen LogP contribution in [0.2, 0.25) is 0 Å². The standard InChI is InChI=1S/C17H23N5O2/c1-3-9-21-10-8-15-14(11-21)16(17(23)19-18)20-22(15)12-4-6-13(24-2)7-5-12/h4-7H,3,8-11,18H2,1-2H3,(H,19,23). The summed E-state index contributed by atoms with van der Waals surface area (Å²) in [6.45, 7) is 4.86. The molecule has 0 spiro atoms. The van der Waals surface area contributed by atoms with Crippen molar-refractivity contribution in [1.82, 2.24) is 20.1 Å². The highest BCUT2D eigenvalue weighted by molar-refractivity contribution is 5.93. The molecule has 128 valence electrons. The molecule has 1 aromatic heterocycles. The number of fused-ring (bicyclic) bond motifs is 1. The van der Waals surface area contributed by atoms with Crippen LogP contribution in [0.3, 0.4) is 0 Å². The zero-order valence-corrected chi connectivity index (χ0v) is 14.1. The summed E-state index contributed by atoms with van der Waals surface area (Å²) in [5.41, 5.74) is 5.57. The normalized spacial score (nSPS) is 14.3. The van der Waals surface area contributed by atoms with Crippen molar-refractivity contribution in [2.24, 2.45) is 5.84 Å². The average molecular weight is 329 g/mol. The Bertz CT molecular complexity index is 723. The van der Waals surface area contributed by atoms with Gasteiger partial charge in [-0.25, -0.2) is 10.5 Å². The molecule has 0 saturated carbocycles. The number of methoxy groups -OCH3 is 1. The van der Waals surface area contributed by atoms with Crippen molar-refractivity contribution in [2.45, 2.75) is 26.3 Å². The highest BCUT2D eigenvalue weighted by Crippen LogP contribution is 2.26. The zero-order chi connectivity index (χ0) is 17.1. The van der Waals surface area contributed by atoms with E-state index >= 15 is 0 Å². The van der Waals surface area contributed by atoms with Crippen LogP contribution in [0.1, 0.15) is 35.1 Å². The third kappa shape index (κ3) is 3.00. The largest absolute Gasteiger partial charge is 0.497 e. The van der Waals surface area contributed by atoms with Crippen LogP contribution in [-0.2, 0) is 13.0 Å². The third-order valence-corrected chi connectivity index (χ3v) is 4.34. The van der Waals surface area contributed by atoms with Crippen molar-refractivity contribution in [1.29, 1.82) is 0 Å². The molecule has 0 unspecified atom stereocenters. The molecular formula is C17H23N5O2. The molecule has 0 bridgehead atoms. The van der Waals surface area contributed by atoms with Crippen LogP contribution >= 0.6 is 0 Å². The summed E-state index contributed by atoms with van der Waals surface area (Å²) < 4.78 is 7.05. The first kappa shape index (κ1) is 16.5. The molecule has 0 atom stereocenters. The van der Waals surface area contributed by atoms with Crippen molar-refractivity contribution in [3.63, 3.8) is 0 Å². The quantitative estimate of drug-likeness (QED) is 0.490. The Kier molecular flexibility index (Phi) is 4.82. The first-order valence-electron chi connectivity index (χ1n) is 8.16. The smallest absolute Gasteiger partial charge is 0.286 e. The Morgan fingerprint density at radius 2 is 2.12 bits per heavy atom. The predicted molar refractivity (Wildman–Crippen MR) is 91.0 cm³/mol. The van der Waals surface area contributed by atoms with Crippen LogP contribution in [0, 0.1) is 0 Å². The molecule has 1 aliphatic heterocycles. The van der Waals surface area contributed by atoms with E-state index in [1.165, 1.54) is 0 Å². The Hall–Kier alpha value is -2.38. The number of aromatic nitrogens is 2. The van der Waals surface area contributed by atoms with E-state index in [4.69, 9.17) is 10.6 Å². The zero-order valence-electron chi connectivity index (χ0n) is 14.1. The van der Waals surface area contributed by atoms with Gasteiger partial charge in [-0.05, 0) is 37.2 Å². The van der Waals surface area contributed by atoms with Crippen molar-refractivity contribution < 1.29 is 9.53 Å². The van der Waals surface area contributed by atoms with Gasteiger partial charge in [-0.3, -0.25) is 15.1 Å². The SMILES string of the molecule is CCCN1CCc2c(c(C(=O)NN)nn2-c2ccc(OC)cc2)C1. The molecule has 0 aliphatic carbocycles. The summed E-state index contributed by atoms with van der Waals surface area (Å²) >= 11 is 0. The summed E-state index contributed by atoms with van der Waals surface area (Å²) in [5, 5.41) is 4.54. The molecule has 7 heteroatoms. The van der Waals surface area contributed by atoms with E-state index in [1.807, 2.05) is 28.9 Å². The summed E-state index contributed by atoms with van der Waals surface area (Å²) in [5.74, 6) is 5.77. The fraction of sp³-hybridized carbons (Fsp3) is 0.412. The number of nitrogens with zero attached hydrogens (tertiary/aromatic N) is 3. The molecule has 2 heterocycles. The Morgan fingerprint density at radius 3 is 2.75 bits per heavy atom. The van der Waals surface area contributed by atoms with Crippen LogP contribution in [0.15, 0.2) is 24.3 Å². The molecule has 1 aliphatic rings. The highest BCUT2D eigenvalue weighted by Gasteiger charge is 2.28. The van der Waals surface area contributed by atoms with Crippen LogP contribution in [-0.4, -0.2) is 40.8 Å². The molecule has 1 amide bonds.